The molecule has 0 bridgehead atoms. The number of thioether (sulfide) groups is 1. The van der Waals surface area contributed by atoms with Crippen LogP contribution in [0.2, 0.25) is 0 Å². The lowest BCUT2D eigenvalue weighted by atomic mass is 10.0. The number of rotatable bonds is 8. The Morgan fingerprint density at radius 1 is 1.02 bits per heavy atom. The van der Waals surface area contributed by atoms with Crippen LogP contribution in [0.4, 0.5) is 5.69 Å². The highest BCUT2D eigenvalue weighted by molar-refractivity contribution is 8.18. The number of aromatic nitrogens is 2. The van der Waals surface area contributed by atoms with Crippen molar-refractivity contribution in [2.75, 3.05) is 44.2 Å². The van der Waals surface area contributed by atoms with E-state index in [-0.39, 0.29) is 18.2 Å². The third-order valence-corrected chi connectivity index (χ3v) is 8.92. The molecule has 3 aromatic rings. The van der Waals surface area contributed by atoms with Crippen molar-refractivity contribution in [1.29, 1.82) is 0 Å². The summed E-state index contributed by atoms with van der Waals surface area (Å²) in [6.07, 6.45) is 6.81. The SMILES string of the molecule is O=C1N=C(N2CCCCC2)SC1=Cc1ccc(N2CCC(NC[C@H](O)COc3cccc4[nH]c(=O)[nH]c34)CC2)cc1. The summed E-state index contributed by atoms with van der Waals surface area (Å²) in [5.41, 5.74) is 3.18. The maximum atomic E-state index is 12.5. The predicted molar refractivity (Wildman–Crippen MR) is 164 cm³/mol. The Bertz CT molecular complexity index is 1480. The number of aliphatic imine (C=N–C) groups is 1. The van der Waals surface area contributed by atoms with Crippen molar-refractivity contribution >= 4 is 45.6 Å². The quantitative estimate of drug-likeness (QED) is 0.301. The number of amidine groups is 1. The molecule has 0 unspecified atom stereocenters. The number of aromatic amines is 2. The molecule has 1 atom stereocenters. The molecular weight excluding hydrogens is 540 g/mol. The van der Waals surface area contributed by atoms with Crippen molar-refractivity contribution in [1.82, 2.24) is 20.2 Å². The van der Waals surface area contributed by atoms with Crippen molar-refractivity contribution in [3.05, 3.63) is 63.4 Å². The molecule has 2 aromatic carbocycles. The molecule has 1 amide bonds. The Morgan fingerprint density at radius 3 is 2.59 bits per heavy atom. The number of carbonyl (C=O) groups is 1. The third-order valence-electron chi connectivity index (χ3n) is 7.87. The van der Waals surface area contributed by atoms with Gasteiger partial charge in [-0.25, -0.2) is 4.79 Å². The topological polar surface area (TPSA) is 126 Å². The Morgan fingerprint density at radius 2 is 1.80 bits per heavy atom. The molecule has 0 radical (unpaired) electrons. The number of ether oxygens (including phenoxy) is 1. The van der Waals surface area contributed by atoms with Gasteiger partial charge in [-0.15, -0.1) is 0 Å². The lowest BCUT2D eigenvalue weighted by Crippen LogP contribution is -2.45. The van der Waals surface area contributed by atoms with E-state index in [4.69, 9.17) is 4.74 Å². The van der Waals surface area contributed by atoms with E-state index in [0.717, 1.165) is 62.6 Å². The van der Waals surface area contributed by atoms with Crippen LogP contribution in [0, 0.1) is 0 Å². The molecule has 3 aliphatic rings. The van der Waals surface area contributed by atoms with Gasteiger partial charge in [0.1, 0.15) is 24.0 Å². The van der Waals surface area contributed by atoms with Crippen molar-refractivity contribution in [2.45, 2.75) is 44.2 Å². The fourth-order valence-electron chi connectivity index (χ4n) is 5.59. The van der Waals surface area contributed by atoms with Crippen LogP contribution < -0.4 is 20.6 Å². The third kappa shape index (κ3) is 6.69. The van der Waals surface area contributed by atoms with Crippen molar-refractivity contribution in [3.8, 4) is 5.75 Å². The maximum absolute atomic E-state index is 12.5. The van der Waals surface area contributed by atoms with E-state index in [1.165, 1.54) is 23.9 Å². The molecule has 0 spiro atoms. The molecule has 1 aromatic heterocycles. The molecule has 2 saturated heterocycles. The molecule has 216 valence electrons. The molecule has 6 rings (SSSR count). The zero-order chi connectivity index (χ0) is 28.2. The van der Waals surface area contributed by atoms with Gasteiger partial charge in [-0.05, 0) is 79.8 Å². The second-order valence-corrected chi connectivity index (χ2v) is 11.9. The average Bonchev–Trinajstić information content (AvgIpc) is 3.57. The van der Waals surface area contributed by atoms with Crippen molar-refractivity contribution in [2.24, 2.45) is 4.99 Å². The fraction of sp³-hybridized carbons (Fsp3) is 0.433. The summed E-state index contributed by atoms with van der Waals surface area (Å²) < 4.78 is 5.78. The van der Waals surface area contributed by atoms with Crippen LogP contribution in [0.15, 0.2) is 57.2 Å². The number of benzene rings is 2. The number of H-pyrrole nitrogens is 2. The largest absolute Gasteiger partial charge is 0.489 e. The molecule has 4 N–H and O–H groups in total. The highest BCUT2D eigenvalue weighted by Crippen LogP contribution is 2.32. The number of hydrogen-bond donors (Lipinski definition) is 4. The summed E-state index contributed by atoms with van der Waals surface area (Å²) in [7, 11) is 0. The highest BCUT2D eigenvalue weighted by Gasteiger charge is 2.27. The molecule has 11 heteroatoms. The number of anilines is 1. The number of amides is 1. The number of carbonyl (C=O) groups excluding carboxylic acids is 1. The van der Waals surface area contributed by atoms with Gasteiger partial charge in [0.2, 0.25) is 0 Å². The van der Waals surface area contributed by atoms with Crippen LogP contribution in [0.3, 0.4) is 0 Å². The summed E-state index contributed by atoms with van der Waals surface area (Å²) in [6.45, 7) is 4.39. The summed E-state index contributed by atoms with van der Waals surface area (Å²) in [5, 5.41) is 14.8. The number of nitrogens with one attached hydrogen (secondary N) is 3. The number of para-hydroxylation sites is 1. The second kappa shape index (κ2) is 12.5. The molecule has 3 aliphatic heterocycles. The first-order valence-corrected chi connectivity index (χ1v) is 15.2. The fourth-order valence-corrected chi connectivity index (χ4v) is 6.56. The van der Waals surface area contributed by atoms with Crippen molar-refractivity contribution in [3.63, 3.8) is 0 Å². The first-order chi connectivity index (χ1) is 20.0. The molecule has 0 saturated carbocycles. The predicted octanol–water partition coefficient (Wildman–Crippen LogP) is 3.31. The first-order valence-electron chi connectivity index (χ1n) is 14.4. The minimum Gasteiger partial charge on any atom is -0.489 e. The van der Waals surface area contributed by atoms with E-state index < -0.39 is 6.10 Å². The zero-order valence-electron chi connectivity index (χ0n) is 23.0. The summed E-state index contributed by atoms with van der Waals surface area (Å²) in [5.74, 6) is 0.403. The molecule has 41 heavy (non-hydrogen) atoms. The maximum Gasteiger partial charge on any atom is 0.323 e. The van der Waals surface area contributed by atoms with E-state index in [2.05, 4.69) is 54.3 Å². The standard InChI is InChI=1S/C30H36N6O4S/c37-23(19-40-25-6-4-5-24-27(25)33-29(39)32-24)18-31-21-11-15-35(16-12-21)22-9-7-20(8-10-22)17-26-28(38)34-30(41-26)36-13-2-1-3-14-36/h4-10,17,21,23,31,37H,1-3,11-16,18-19H2,(H2,32,33,39)/t23-/m0/s1. The normalized spacial score (nSPS) is 20.2. The number of nitrogens with zero attached hydrogens (tertiary/aromatic N) is 3. The minimum atomic E-state index is -0.665. The van der Waals surface area contributed by atoms with Crippen LogP contribution in [0.1, 0.15) is 37.7 Å². The summed E-state index contributed by atoms with van der Waals surface area (Å²) in [4.78, 5) is 39.1. The molecule has 10 nitrogen and oxygen atoms in total. The van der Waals surface area contributed by atoms with Gasteiger partial charge in [-0.2, -0.15) is 4.99 Å². The monoisotopic (exact) mass is 576 g/mol. The Kier molecular flexibility index (Phi) is 8.45. The van der Waals surface area contributed by atoms with Gasteiger partial charge in [0, 0.05) is 44.5 Å². The van der Waals surface area contributed by atoms with E-state index in [1.807, 2.05) is 6.08 Å². The van der Waals surface area contributed by atoms with Crippen molar-refractivity contribution < 1.29 is 14.6 Å². The van der Waals surface area contributed by atoms with Gasteiger partial charge in [0.05, 0.1) is 10.4 Å². The number of fused-ring (bicyclic) bond motifs is 1. The van der Waals surface area contributed by atoms with Gasteiger partial charge in [-0.1, -0.05) is 18.2 Å². The molecular formula is C30H36N6O4S. The van der Waals surface area contributed by atoms with Gasteiger partial charge in [0.15, 0.2) is 5.17 Å². The van der Waals surface area contributed by atoms with Crippen LogP contribution in [0.25, 0.3) is 17.1 Å². The van der Waals surface area contributed by atoms with Gasteiger partial charge in [-0.3, -0.25) is 4.79 Å². The van der Waals surface area contributed by atoms with E-state index in [1.54, 1.807) is 18.2 Å². The first kappa shape index (κ1) is 27.6. The molecule has 2 fully saturated rings. The summed E-state index contributed by atoms with van der Waals surface area (Å²) in [6, 6.07) is 14.1. The minimum absolute atomic E-state index is 0.135. The lowest BCUT2D eigenvalue weighted by Gasteiger charge is -2.34. The van der Waals surface area contributed by atoms with Crippen LogP contribution >= 0.6 is 11.8 Å². The van der Waals surface area contributed by atoms with E-state index in [9.17, 15) is 14.7 Å². The smallest absolute Gasteiger partial charge is 0.323 e. The van der Waals surface area contributed by atoms with Crippen LogP contribution in [-0.2, 0) is 4.79 Å². The summed E-state index contributed by atoms with van der Waals surface area (Å²) >= 11 is 1.49. The van der Waals surface area contributed by atoms with E-state index >= 15 is 0 Å². The Hall–Kier alpha value is -3.54. The molecule has 4 heterocycles. The van der Waals surface area contributed by atoms with Crippen LogP contribution in [0.5, 0.6) is 5.75 Å². The highest BCUT2D eigenvalue weighted by atomic mass is 32.2. The van der Waals surface area contributed by atoms with Gasteiger partial charge < -0.3 is 34.9 Å². The number of likely N-dealkylation sites (tertiary alicyclic amines) is 1. The second-order valence-electron chi connectivity index (χ2n) is 10.8. The number of hydrogen-bond acceptors (Lipinski definition) is 8. The number of aliphatic hydroxyl groups is 1. The van der Waals surface area contributed by atoms with E-state index in [0.29, 0.717) is 34.3 Å². The van der Waals surface area contributed by atoms with Gasteiger partial charge in [0.25, 0.3) is 5.91 Å². The Balaban J connectivity index is 0.940. The average molecular weight is 577 g/mol. The number of imidazole rings is 1. The number of aliphatic hydroxyl groups excluding tert-OH is 1. The number of piperidine rings is 2. The van der Waals surface area contributed by atoms with Crippen LogP contribution in [-0.4, -0.2) is 82.5 Å². The zero-order valence-corrected chi connectivity index (χ0v) is 23.8. The Labute approximate surface area is 242 Å². The molecule has 0 aliphatic carbocycles. The van der Waals surface area contributed by atoms with Gasteiger partial charge >= 0.3 is 5.69 Å². The lowest BCUT2D eigenvalue weighted by molar-refractivity contribution is -0.113.